The van der Waals surface area contributed by atoms with Crippen molar-refractivity contribution in [2.45, 2.75) is 11.8 Å². The second-order valence-electron chi connectivity index (χ2n) is 6.44. The predicted octanol–water partition coefficient (Wildman–Crippen LogP) is 5.26. The molecule has 11 heteroatoms. The van der Waals surface area contributed by atoms with E-state index in [0.29, 0.717) is 5.56 Å². The monoisotopic (exact) mass is 479 g/mol. The molecule has 0 aromatic heterocycles. The third kappa shape index (κ3) is 5.13. The number of hydrogen-bond acceptors (Lipinski definition) is 5. The summed E-state index contributed by atoms with van der Waals surface area (Å²) in [4.78, 5) is 23.0. The molecule has 0 aliphatic rings. The Hall–Kier alpha value is -3.14. The molecule has 160 valence electrons. The fraction of sp³-hybridized carbons (Fsp3) is 0.0500. The van der Waals surface area contributed by atoms with Crippen LogP contribution in [-0.4, -0.2) is 19.2 Å². The lowest BCUT2D eigenvalue weighted by Gasteiger charge is -2.13. The van der Waals surface area contributed by atoms with E-state index in [1.54, 1.807) is 25.1 Å². The second-order valence-corrected chi connectivity index (χ2v) is 8.93. The number of rotatable bonds is 6. The SMILES string of the molecule is Cc1ccc(NC(=O)c2cc(Cl)ccc2[N+](=O)[O-])cc1S(=O)(=O)Nc1ccccc1Cl. The topological polar surface area (TPSA) is 118 Å². The van der Waals surface area contributed by atoms with E-state index in [1.165, 1.54) is 36.4 Å². The van der Waals surface area contributed by atoms with Crippen molar-refractivity contribution in [3.8, 4) is 0 Å². The first-order valence-corrected chi connectivity index (χ1v) is 11.0. The van der Waals surface area contributed by atoms with Crippen molar-refractivity contribution in [1.29, 1.82) is 0 Å². The number of carbonyl (C=O) groups is 1. The van der Waals surface area contributed by atoms with E-state index in [4.69, 9.17) is 23.2 Å². The highest BCUT2D eigenvalue weighted by Gasteiger charge is 2.23. The fourth-order valence-electron chi connectivity index (χ4n) is 2.76. The molecule has 2 N–H and O–H groups in total. The van der Waals surface area contributed by atoms with Crippen LogP contribution in [0.2, 0.25) is 10.0 Å². The first-order chi connectivity index (χ1) is 14.6. The second kappa shape index (κ2) is 8.93. The zero-order valence-electron chi connectivity index (χ0n) is 15.9. The van der Waals surface area contributed by atoms with Crippen molar-refractivity contribution in [3.63, 3.8) is 0 Å². The van der Waals surface area contributed by atoms with E-state index >= 15 is 0 Å². The molecule has 3 rings (SSSR count). The summed E-state index contributed by atoms with van der Waals surface area (Å²) in [5, 5.41) is 14.0. The number of sulfonamides is 1. The number of nitro groups is 1. The molecule has 0 aliphatic heterocycles. The van der Waals surface area contributed by atoms with Gasteiger partial charge in [-0.25, -0.2) is 8.42 Å². The molecule has 1 amide bonds. The Bertz CT molecular complexity index is 1300. The van der Waals surface area contributed by atoms with Gasteiger partial charge in [-0.3, -0.25) is 19.6 Å². The van der Waals surface area contributed by atoms with Gasteiger partial charge in [0.2, 0.25) is 0 Å². The molecule has 0 atom stereocenters. The van der Waals surface area contributed by atoms with Crippen molar-refractivity contribution in [1.82, 2.24) is 0 Å². The molecule has 0 unspecified atom stereocenters. The van der Waals surface area contributed by atoms with Crippen molar-refractivity contribution in [3.05, 3.63) is 92.0 Å². The van der Waals surface area contributed by atoms with Crippen LogP contribution >= 0.6 is 23.2 Å². The van der Waals surface area contributed by atoms with E-state index in [1.807, 2.05) is 0 Å². The maximum Gasteiger partial charge on any atom is 0.282 e. The smallest absolute Gasteiger partial charge is 0.282 e. The van der Waals surface area contributed by atoms with Gasteiger partial charge < -0.3 is 5.32 Å². The van der Waals surface area contributed by atoms with Crippen molar-refractivity contribution >= 4 is 56.2 Å². The number of benzene rings is 3. The lowest BCUT2D eigenvalue weighted by molar-refractivity contribution is -0.385. The minimum atomic E-state index is -4.03. The highest BCUT2D eigenvalue weighted by atomic mass is 35.5. The Kier molecular flexibility index (Phi) is 6.49. The molecule has 0 bridgehead atoms. The summed E-state index contributed by atoms with van der Waals surface area (Å²) < 4.78 is 28.2. The summed E-state index contributed by atoms with van der Waals surface area (Å²) >= 11 is 11.9. The standard InChI is InChI=1S/C20H15Cl2N3O5S/c1-12-6-8-14(23-20(26)15-10-13(21)7-9-18(15)25(27)28)11-19(12)31(29,30)24-17-5-3-2-4-16(17)22/h2-11,24H,1H3,(H,23,26). The van der Waals surface area contributed by atoms with Crippen molar-refractivity contribution in [2.24, 2.45) is 0 Å². The molecular formula is C20H15Cl2N3O5S. The molecule has 0 radical (unpaired) electrons. The minimum Gasteiger partial charge on any atom is -0.322 e. The zero-order chi connectivity index (χ0) is 22.8. The lowest BCUT2D eigenvalue weighted by Crippen LogP contribution is -2.17. The number of halogens is 2. The van der Waals surface area contributed by atoms with E-state index in [-0.39, 0.29) is 31.9 Å². The van der Waals surface area contributed by atoms with Crippen LogP contribution in [0.1, 0.15) is 15.9 Å². The highest BCUT2D eigenvalue weighted by Crippen LogP contribution is 2.28. The number of hydrogen-bond donors (Lipinski definition) is 2. The Morgan fingerprint density at radius 2 is 1.74 bits per heavy atom. The summed E-state index contributed by atoms with van der Waals surface area (Å²) in [6.07, 6.45) is 0. The first kappa shape index (κ1) is 22.5. The minimum absolute atomic E-state index is 0.0918. The Morgan fingerprint density at radius 1 is 1.03 bits per heavy atom. The van der Waals surface area contributed by atoms with Gasteiger partial charge in [0.1, 0.15) is 5.56 Å². The number of carbonyl (C=O) groups excluding carboxylic acids is 1. The number of aryl methyl sites for hydroxylation is 1. The number of nitrogens with zero attached hydrogens (tertiary/aromatic N) is 1. The summed E-state index contributed by atoms with van der Waals surface area (Å²) in [6, 6.07) is 14.2. The summed E-state index contributed by atoms with van der Waals surface area (Å²) in [5.74, 6) is -0.805. The number of nitrogens with one attached hydrogen (secondary N) is 2. The molecule has 3 aromatic rings. The van der Waals surface area contributed by atoms with Gasteiger partial charge in [-0.15, -0.1) is 0 Å². The molecule has 0 fully saturated rings. The van der Waals surface area contributed by atoms with Crippen molar-refractivity contribution in [2.75, 3.05) is 10.0 Å². The van der Waals surface area contributed by atoms with E-state index in [9.17, 15) is 23.3 Å². The van der Waals surface area contributed by atoms with Crippen LogP contribution in [0.15, 0.2) is 65.6 Å². The Morgan fingerprint density at radius 3 is 2.42 bits per heavy atom. The van der Waals surface area contributed by atoms with Crippen LogP contribution in [0.25, 0.3) is 0 Å². The maximum absolute atomic E-state index is 12.9. The first-order valence-electron chi connectivity index (χ1n) is 8.72. The van der Waals surface area contributed by atoms with E-state index in [2.05, 4.69) is 10.0 Å². The van der Waals surface area contributed by atoms with Crippen molar-refractivity contribution < 1.29 is 18.1 Å². The molecular weight excluding hydrogens is 465 g/mol. The third-order valence-electron chi connectivity index (χ3n) is 4.25. The molecule has 0 saturated carbocycles. The van der Waals surface area contributed by atoms with Crippen LogP contribution in [0.5, 0.6) is 0 Å². The van der Waals surface area contributed by atoms with Gasteiger partial charge in [-0.1, -0.05) is 41.4 Å². The zero-order valence-corrected chi connectivity index (χ0v) is 18.3. The molecule has 3 aromatic carbocycles. The van der Waals surface area contributed by atoms with Crippen LogP contribution in [0.3, 0.4) is 0 Å². The summed E-state index contributed by atoms with van der Waals surface area (Å²) in [6.45, 7) is 1.59. The van der Waals surface area contributed by atoms with Gasteiger partial charge in [0, 0.05) is 16.8 Å². The van der Waals surface area contributed by atoms with Crippen LogP contribution < -0.4 is 10.0 Å². The predicted molar refractivity (Wildman–Crippen MR) is 119 cm³/mol. The number of para-hydroxylation sites is 1. The van der Waals surface area contributed by atoms with Gasteiger partial charge in [0.15, 0.2) is 0 Å². The van der Waals surface area contributed by atoms with Crippen LogP contribution in [-0.2, 0) is 10.0 Å². The fourth-order valence-corrected chi connectivity index (χ4v) is 4.52. The molecule has 0 spiro atoms. The third-order valence-corrected chi connectivity index (χ3v) is 6.33. The van der Waals surface area contributed by atoms with Gasteiger partial charge in [-0.05, 0) is 48.9 Å². The molecule has 0 aliphatic carbocycles. The maximum atomic E-state index is 12.9. The molecule has 0 heterocycles. The van der Waals surface area contributed by atoms with Crippen LogP contribution in [0.4, 0.5) is 17.1 Å². The van der Waals surface area contributed by atoms with Gasteiger partial charge in [0.25, 0.3) is 21.6 Å². The molecule has 8 nitrogen and oxygen atoms in total. The normalized spacial score (nSPS) is 11.1. The van der Waals surface area contributed by atoms with Gasteiger partial charge in [-0.2, -0.15) is 0 Å². The van der Waals surface area contributed by atoms with Gasteiger partial charge in [0.05, 0.1) is 20.5 Å². The summed E-state index contributed by atoms with van der Waals surface area (Å²) in [5.41, 5.74) is 0.0715. The number of nitro benzene ring substituents is 1. The summed E-state index contributed by atoms with van der Waals surface area (Å²) in [7, 11) is -4.03. The lowest BCUT2D eigenvalue weighted by atomic mass is 10.1. The van der Waals surface area contributed by atoms with E-state index in [0.717, 1.165) is 6.07 Å². The highest BCUT2D eigenvalue weighted by molar-refractivity contribution is 7.92. The average molecular weight is 480 g/mol. The largest absolute Gasteiger partial charge is 0.322 e. The quantitative estimate of drug-likeness (QED) is 0.368. The molecule has 31 heavy (non-hydrogen) atoms. The van der Waals surface area contributed by atoms with Gasteiger partial charge >= 0.3 is 0 Å². The van der Waals surface area contributed by atoms with E-state index < -0.39 is 26.5 Å². The number of amides is 1. The number of anilines is 2. The Labute approximate surface area is 188 Å². The van der Waals surface area contributed by atoms with Crippen LogP contribution in [0, 0.1) is 17.0 Å². The Balaban J connectivity index is 1.93. The molecule has 0 saturated heterocycles. The average Bonchev–Trinajstić information content (AvgIpc) is 2.70.